The zero-order valence-corrected chi connectivity index (χ0v) is 16.0. The fraction of sp³-hybridized carbons (Fsp3) is 0.381. The van der Waals surface area contributed by atoms with Gasteiger partial charge >= 0.3 is 6.18 Å². The van der Waals surface area contributed by atoms with Gasteiger partial charge in [-0.05, 0) is 46.7 Å². The van der Waals surface area contributed by atoms with Crippen LogP contribution in [0.4, 0.5) is 17.6 Å². The molecule has 1 aliphatic rings. The number of aromatic nitrogens is 1. The monoisotopic (exact) mass is 410 g/mol. The average molecular weight is 410 g/mol. The summed E-state index contributed by atoms with van der Waals surface area (Å²) in [6.45, 7) is 3.26. The maximum Gasteiger partial charge on any atom is 0.417 e. The Morgan fingerprint density at radius 3 is 2.55 bits per heavy atom. The Hall–Kier alpha value is -2.61. The van der Waals surface area contributed by atoms with E-state index in [-0.39, 0.29) is 11.3 Å². The highest BCUT2D eigenvalue weighted by molar-refractivity contribution is 5.58. The number of rotatable bonds is 5. The van der Waals surface area contributed by atoms with Crippen LogP contribution in [0.15, 0.2) is 42.4 Å². The Kier molecular flexibility index (Phi) is 5.34. The molecule has 1 atom stereocenters. The third-order valence-electron chi connectivity index (χ3n) is 5.21. The lowest BCUT2D eigenvalue weighted by molar-refractivity contribution is -0.266. The van der Waals surface area contributed by atoms with Crippen LogP contribution in [0.5, 0.6) is 5.75 Å². The van der Waals surface area contributed by atoms with Crippen molar-refractivity contribution in [1.82, 2.24) is 10.3 Å². The number of nitrogens with one attached hydrogen (secondary N) is 1. The van der Waals surface area contributed by atoms with Gasteiger partial charge < -0.3 is 15.5 Å². The van der Waals surface area contributed by atoms with Crippen molar-refractivity contribution in [3.8, 4) is 5.75 Å². The van der Waals surface area contributed by atoms with Gasteiger partial charge in [0, 0.05) is 37.1 Å². The van der Waals surface area contributed by atoms with Gasteiger partial charge in [0.05, 0.1) is 0 Å². The summed E-state index contributed by atoms with van der Waals surface area (Å²) in [4.78, 5) is 3.98. The zero-order valence-electron chi connectivity index (χ0n) is 16.0. The molecule has 29 heavy (non-hydrogen) atoms. The molecule has 0 amide bonds. The van der Waals surface area contributed by atoms with Crippen molar-refractivity contribution in [2.24, 2.45) is 0 Å². The first-order chi connectivity index (χ1) is 13.4. The maximum absolute atomic E-state index is 13.9. The van der Waals surface area contributed by atoms with Crippen LogP contribution in [0.2, 0.25) is 0 Å². The normalized spacial score (nSPS) is 16.4. The number of aliphatic hydroxyl groups is 1. The minimum Gasteiger partial charge on any atom is -0.508 e. The summed E-state index contributed by atoms with van der Waals surface area (Å²) < 4.78 is 55.1. The molecular weight excluding hydrogens is 388 g/mol. The van der Waals surface area contributed by atoms with E-state index >= 15 is 0 Å². The number of phenols is 1. The van der Waals surface area contributed by atoms with Crippen LogP contribution in [0.25, 0.3) is 6.08 Å². The summed E-state index contributed by atoms with van der Waals surface area (Å²) in [7, 11) is 0. The molecule has 0 spiro atoms. The van der Waals surface area contributed by atoms with E-state index in [1.807, 2.05) is 0 Å². The predicted molar refractivity (Wildman–Crippen MR) is 100 cm³/mol. The molecule has 8 heteroatoms. The van der Waals surface area contributed by atoms with E-state index < -0.39 is 41.6 Å². The topological polar surface area (TPSA) is 65.4 Å². The number of hydrogen-bond donors (Lipinski definition) is 3. The molecule has 4 nitrogen and oxygen atoms in total. The van der Waals surface area contributed by atoms with Crippen molar-refractivity contribution in [1.29, 1.82) is 0 Å². The molecule has 0 aliphatic carbocycles. The third kappa shape index (κ3) is 4.37. The summed E-state index contributed by atoms with van der Waals surface area (Å²) in [5, 5.41) is 23.7. The highest BCUT2D eigenvalue weighted by Crippen LogP contribution is 2.46. The van der Waals surface area contributed by atoms with E-state index in [4.69, 9.17) is 0 Å². The number of alkyl halides is 3. The minimum atomic E-state index is -4.92. The second-order valence-electron chi connectivity index (χ2n) is 8.03. The van der Waals surface area contributed by atoms with Gasteiger partial charge in [-0.3, -0.25) is 4.98 Å². The summed E-state index contributed by atoms with van der Waals surface area (Å²) >= 11 is 0. The van der Waals surface area contributed by atoms with E-state index in [1.54, 1.807) is 24.5 Å². The Morgan fingerprint density at radius 2 is 1.90 bits per heavy atom. The van der Waals surface area contributed by atoms with Crippen LogP contribution >= 0.6 is 0 Å². The van der Waals surface area contributed by atoms with Crippen molar-refractivity contribution in [2.45, 2.75) is 50.4 Å². The molecule has 3 N–H and O–H groups in total. The smallest absolute Gasteiger partial charge is 0.417 e. The summed E-state index contributed by atoms with van der Waals surface area (Å²) in [6, 6.07) is 4.85. The van der Waals surface area contributed by atoms with Gasteiger partial charge in [-0.25, -0.2) is 4.39 Å². The van der Waals surface area contributed by atoms with Crippen molar-refractivity contribution < 1.29 is 27.8 Å². The molecule has 156 valence electrons. The highest BCUT2D eigenvalue weighted by atomic mass is 19.4. The van der Waals surface area contributed by atoms with Crippen LogP contribution in [0.3, 0.4) is 0 Å². The van der Waals surface area contributed by atoms with Crippen molar-refractivity contribution in [3.63, 3.8) is 0 Å². The molecule has 0 fully saturated rings. The molecule has 1 aromatic carbocycles. The third-order valence-corrected chi connectivity index (χ3v) is 5.21. The van der Waals surface area contributed by atoms with E-state index in [1.165, 1.54) is 19.9 Å². The Labute approximate surface area is 165 Å². The predicted octanol–water partition coefficient (Wildman–Crippen LogP) is 4.42. The number of phenolic OH excluding ortho intramolecular Hbond substituents is 1. The number of nitrogens with zero attached hydrogens (tertiary/aromatic N) is 1. The molecule has 0 saturated heterocycles. The number of benzene rings is 1. The second kappa shape index (κ2) is 7.33. The molecule has 0 radical (unpaired) electrons. The first kappa shape index (κ1) is 21.1. The van der Waals surface area contributed by atoms with Gasteiger partial charge in [0.1, 0.15) is 11.6 Å². The van der Waals surface area contributed by atoms with Crippen molar-refractivity contribution in [2.75, 3.05) is 0 Å². The lowest BCUT2D eigenvalue weighted by Crippen LogP contribution is -2.50. The molecule has 1 aromatic heterocycles. The lowest BCUT2D eigenvalue weighted by atomic mass is 9.73. The van der Waals surface area contributed by atoms with Gasteiger partial charge in [0.15, 0.2) is 5.60 Å². The van der Waals surface area contributed by atoms with Crippen LogP contribution < -0.4 is 5.32 Å². The number of pyridine rings is 1. The summed E-state index contributed by atoms with van der Waals surface area (Å²) in [6.07, 6.45) is -1.56. The highest BCUT2D eigenvalue weighted by Gasteiger charge is 2.56. The first-order valence-corrected chi connectivity index (χ1v) is 9.07. The van der Waals surface area contributed by atoms with E-state index in [2.05, 4.69) is 10.3 Å². The van der Waals surface area contributed by atoms with Crippen LogP contribution in [-0.4, -0.2) is 27.0 Å². The van der Waals surface area contributed by atoms with Crippen LogP contribution in [0, 0.1) is 5.82 Å². The quantitative estimate of drug-likeness (QED) is 0.639. The van der Waals surface area contributed by atoms with E-state index in [9.17, 15) is 27.8 Å². The zero-order chi connectivity index (χ0) is 21.4. The molecule has 1 aliphatic heterocycles. The van der Waals surface area contributed by atoms with Gasteiger partial charge in [-0.2, -0.15) is 13.2 Å². The summed E-state index contributed by atoms with van der Waals surface area (Å²) in [5.41, 5.74) is -2.36. The lowest BCUT2D eigenvalue weighted by Gasteiger charge is -2.39. The van der Waals surface area contributed by atoms with E-state index in [0.717, 1.165) is 23.3 Å². The molecule has 2 heterocycles. The maximum atomic E-state index is 13.9. The average Bonchev–Trinajstić information content (AvgIpc) is 2.59. The second-order valence-corrected chi connectivity index (χ2v) is 8.03. The van der Waals surface area contributed by atoms with Crippen molar-refractivity contribution >= 4 is 6.08 Å². The first-order valence-electron chi connectivity index (χ1n) is 9.07. The van der Waals surface area contributed by atoms with Gasteiger partial charge in [-0.15, -0.1) is 0 Å². The van der Waals surface area contributed by atoms with Crippen LogP contribution in [-0.2, 0) is 12.0 Å². The van der Waals surface area contributed by atoms with E-state index in [0.29, 0.717) is 6.54 Å². The largest absolute Gasteiger partial charge is 0.508 e. The number of aromatic hydroxyl groups is 1. The van der Waals surface area contributed by atoms with Gasteiger partial charge in [0.2, 0.25) is 0 Å². The SMILES string of the molecule is CC(C)(CC(O)(CC1=Cc2ccncc2CN1)C(F)(F)F)c1ccc(F)cc1O. The molecule has 0 saturated carbocycles. The fourth-order valence-electron chi connectivity index (χ4n) is 3.77. The molecule has 0 bridgehead atoms. The van der Waals surface area contributed by atoms with Gasteiger partial charge in [-0.1, -0.05) is 19.9 Å². The minimum absolute atomic E-state index is 0.128. The number of fused-ring (bicyclic) bond motifs is 1. The standard InChI is InChI=1S/C21H22F4N2O2/c1-19(2,17-4-3-15(22)8-18(17)28)12-20(29,21(23,24)25)9-16-7-13-5-6-26-10-14(13)11-27-16/h3-8,10,27-29H,9,11-12H2,1-2H3. The number of hydrogen-bond acceptors (Lipinski definition) is 4. The Balaban J connectivity index is 1.92. The molecular formula is C21H22F4N2O2. The van der Waals surface area contributed by atoms with Crippen molar-refractivity contribution in [3.05, 3.63) is 64.9 Å². The van der Waals surface area contributed by atoms with Crippen LogP contribution in [0.1, 0.15) is 43.4 Å². The van der Waals surface area contributed by atoms with Gasteiger partial charge in [0.25, 0.3) is 0 Å². The Bertz CT molecular complexity index is 941. The molecule has 1 unspecified atom stereocenters. The Morgan fingerprint density at radius 1 is 1.17 bits per heavy atom. The number of halogens is 4. The fourth-order valence-corrected chi connectivity index (χ4v) is 3.77. The molecule has 2 aromatic rings. The molecule has 3 rings (SSSR count). The summed E-state index contributed by atoms with van der Waals surface area (Å²) in [5.74, 6) is -1.14.